The maximum Gasteiger partial charge on any atom is 0.416 e. The van der Waals surface area contributed by atoms with Crippen molar-refractivity contribution in [3.8, 4) is 11.5 Å². The Balaban J connectivity index is 1.75. The zero-order valence-electron chi connectivity index (χ0n) is 17.5. The van der Waals surface area contributed by atoms with E-state index in [4.69, 9.17) is 4.74 Å². The number of methoxy groups -OCH3 is 1. The Morgan fingerprint density at radius 2 is 1.76 bits per heavy atom. The highest BCUT2D eigenvalue weighted by molar-refractivity contribution is 7.92. The van der Waals surface area contributed by atoms with Gasteiger partial charge in [-0.25, -0.2) is 13.8 Å². The average molecular weight is 493 g/mol. The zero-order valence-corrected chi connectivity index (χ0v) is 18.3. The number of para-hydroxylation sites is 1. The normalized spacial score (nSPS) is 11.9. The number of carbonyl (C=O) groups excluding carboxylic acids is 1. The van der Waals surface area contributed by atoms with E-state index in [9.17, 15) is 31.5 Å². The van der Waals surface area contributed by atoms with Crippen LogP contribution >= 0.6 is 0 Å². The number of hydrazone groups is 1. The Morgan fingerprint density at radius 3 is 2.47 bits per heavy atom. The lowest BCUT2D eigenvalue weighted by Gasteiger charge is -2.12. The molecule has 8 nitrogen and oxygen atoms in total. The molecule has 178 valence electrons. The lowest BCUT2D eigenvalue weighted by molar-refractivity contribution is -0.137. The first-order valence-corrected chi connectivity index (χ1v) is 11.0. The van der Waals surface area contributed by atoms with E-state index in [1.807, 2.05) is 0 Å². The third-order valence-corrected chi connectivity index (χ3v) is 5.85. The lowest BCUT2D eigenvalue weighted by atomic mass is 10.2. The molecule has 0 spiro atoms. The zero-order chi connectivity index (χ0) is 24.9. The lowest BCUT2D eigenvalue weighted by Crippen LogP contribution is -2.19. The van der Waals surface area contributed by atoms with E-state index in [2.05, 4.69) is 15.2 Å². The van der Waals surface area contributed by atoms with E-state index in [1.54, 1.807) is 6.07 Å². The second-order valence-corrected chi connectivity index (χ2v) is 8.49. The summed E-state index contributed by atoms with van der Waals surface area (Å²) in [5.41, 5.74) is 1.10. The number of halogens is 3. The molecule has 0 saturated carbocycles. The van der Waals surface area contributed by atoms with Crippen molar-refractivity contribution < 1.29 is 36.2 Å². The molecule has 3 aromatic rings. The smallest absolute Gasteiger partial charge is 0.416 e. The molecule has 0 aliphatic carbocycles. The van der Waals surface area contributed by atoms with Crippen LogP contribution in [0.2, 0.25) is 0 Å². The Hall–Kier alpha value is -4.06. The summed E-state index contributed by atoms with van der Waals surface area (Å²) in [6.07, 6.45) is -3.47. The van der Waals surface area contributed by atoms with Crippen molar-refractivity contribution in [2.75, 3.05) is 11.8 Å². The highest BCUT2D eigenvalue weighted by atomic mass is 32.2. The van der Waals surface area contributed by atoms with Crippen LogP contribution in [0.4, 0.5) is 18.9 Å². The predicted molar refractivity (Wildman–Crippen MR) is 118 cm³/mol. The number of carbonyl (C=O) groups is 1. The van der Waals surface area contributed by atoms with Gasteiger partial charge < -0.3 is 9.84 Å². The molecule has 12 heteroatoms. The summed E-state index contributed by atoms with van der Waals surface area (Å²) in [4.78, 5) is 12.0. The standard InChI is InChI=1S/C22H18F3N3O5S/c1-33-19-10-3-6-15(20(19)29)13-26-27-21(30)14-5-2-9-18(11-14)34(31,32)28-17-8-4-7-16(12-17)22(23,24)25/h2-13,28-29H,1H3,(H,27,30)/b26-13+. The van der Waals surface area contributed by atoms with Gasteiger partial charge in [0.05, 0.1) is 23.8 Å². The van der Waals surface area contributed by atoms with E-state index in [-0.39, 0.29) is 33.2 Å². The van der Waals surface area contributed by atoms with Crippen LogP contribution in [0, 0.1) is 0 Å². The SMILES string of the molecule is COc1cccc(/C=N/NC(=O)c2cccc(S(=O)(=O)Nc3cccc(C(F)(F)F)c3)c2)c1O. The molecule has 0 aromatic heterocycles. The van der Waals surface area contributed by atoms with Gasteiger partial charge >= 0.3 is 6.18 Å². The molecule has 0 fully saturated rings. The molecule has 1 amide bonds. The van der Waals surface area contributed by atoms with Crippen molar-refractivity contribution >= 4 is 27.8 Å². The van der Waals surface area contributed by atoms with E-state index in [1.165, 1.54) is 49.7 Å². The minimum atomic E-state index is -4.64. The first kappa shape index (κ1) is 24.6. The summed E-state index contributed by atoms with van der Waals surface area (Å²) in [5.74, 6) is -0.729. The van der Waals surface area contributed by atoms with Crippen LogP contribution in [0.1, 0.15) is 21.5 Å². The number of nitrogens with zero attached hydrogens (tertiary/aromatic N) is 1. The van der Waals surface area contributed by atoms with Gasteiger partial charge in [0, 0.05) is 16.8 Å². The largest absolute Gasteiger partial charge is 0.504 e. The molecule has 0 heterocycles. The highest BCUT2D eigenvalue weighted by Gasteiger charge is 2.30. The number of anilines is 1. The number of amides is 1. The Morgan fingerprint density at radius 1 is 1.06 bits per heavy atom. The molecule has 0 aliphatic heterocycles. The van der Waals surface area contributed by atoms with Crippen molar-refractivity contribution in [1.82, 2.24) is 5.43 Å². The average Bonchev–Trinajstić information content (AvgIpc) is 2.79. The molecule has 0 radical (unpaired) electrons. The molecule has 0 atom stereocenters. The highest BCUT2D eigenvalue weighted by Crippen LogP contribution is 2.31. The fraction of sp³-hybridized carbons (Fsp3) is 0.0909. The molecule has 3 N–H and O–H groups in total. The Labute approximate surface area is 192 Å². The van der Waals surface area contributed by atoms with Gasteiger partial charge in [-0.3, -0.25) is 9.52 Å². The van der Waals surface area contributed by atoms with Crippen LogP contribution in [0.15, 0.2) is 76.7 Å². The van der Waals surface area contributed by atoms with Gasteiger partial charge in [-0.1, -0.05) is 18.2 Å². The van der Waals surface area contributed by atoms with Gasteiger partial charge in [-0.2, -0.15) is 18.3 Å². The fourth-order valence-electron chi connectivity index (χ4n) is 2.81. The van der Waals surface area contributed by atoms with Crippen LogP contribution in [0.3, 0.4) is 0 Å². The Kier molecular flexibility index (Phi) is 7.11. The van der Waals surface area contributed by atoms with Gasteiger partial charge in [0.2, 0.25) is 0 Å². The molecule has 0 unspecified atom stereocenters. The fourth-order valence-corrected chi connectivity index (χ4v) is 3.91. The number of sulfonamides is 1. The summed E-state index contributed by atoms with van der Waals surface area (Å²) in [6.45, 7) is 0. The Bertz CT molecular complexity index is 1340. The van der Waals surface area contributed by atoms with Crippen molar-refractivity contribution in [2.24, 2.45) is 5.10 Å². The summed E-state index contributed by atoms with van der Waals surface area (Å²) >= 11 is 0. The van der Waals surface area contributed by atoms with Crippen LogP contribution in [-0.2, 0) is 16.2 Å². The minimum Gasteiger partial charge on any atom is -0.504 e. The molecule has 0 bridgehead atoms. The van der Waals surface area contributed by atoms with Gasteiger partial charge in [-0.05, 0) is 48.5 Å². The van der Waals surface area contributed by atoms with Gasteiger partial charge in [0.15, 0.2) is 11.5 Å². The van der Waals surface area contributed by atoms with Crippen LogP contribution < -0.4 is 14.9 Å². The summed E-state index contributed by atoms with van der Waals surface area (Å²) in [5, 5.41) is 13.7. The van der Waals surface area contributed by atoms with Crippen molar-refractivity contribution in [1.29, 1.82) is 0 Å². The van der Waals surface area contributed by atoms with E-state index >= 15 is 0 Å². The monoisotopic (exact) mass is 493 g/mol. The number of aromatic hydroxyl groups is 1. The molecule has 34 heavy (non-hydrogen) atoms. The molecular formula is C22H18F3N3O5S. The van der Waals surface area contributed by atoms with Gasteiger partial charge in [0.25, 0.3) is 15.9 Å². The summed E-state index contributed by atoms with van der Waals surface area (Å²) in [6, 6.07) is 13.2. The van der Waals surface area contributed by atoms with E-state index in [0.29, 0.717) is 6.07 Å². The second-order valence-electron chi connectivity index (χ2n) is 6.81. The third kappa shape index (κ3) is 5.84. The number of alkyl halides is 3. The van der Waals surface area contributed by atoms with Crippen molar-refractivity contribution in [3.05, 3.63) is 83.4 Å². The number of hydrogen-bond donors (Lipinski definition) is 3. The number of nitrogens with one attached hydrogen (secondary N) is 2. The summed E-state index contributed by atoms with van der Waals surface area (Å²) < 4.78 is 71.0. The molecule has 3 rings (SSSR count). The number of hydrogen-bond acceptors (Lipinski definition) is 6. The second kappa shape index (κ2) is 9.83. The van der Waals surface area contributed by atoms with Crippen molar-refractivity contribution in [2.45, 2.75) is 11.1 Å². The third-order valence-electron chi connectivity index (χ3n) is 4.47. The molecule has 0 saturated heterocycles. The topological polar surface area (TPSA) is 117 Å². The molecule has 3 aromatic carbocycles. The minimum absolute atomic E-state index is 0.0704. The predicted octanol–water partition coefficient (Wildman–Crippen LogP) is 3.98. The van der Waals surface area contributed by atoms with Crippen molar-refractivity contribution in [3.63, 3.8) is 0 Å². The quantitative estimate of drug-likeness (QED) is 0.340. The van der Waals surface area contributed by atoms with Crippen LogP contribution in [0.5, 0.6) is 11.5 Å². The maximum atomic E-state index is 12.9. The van der Waals surface area contributed by atoms with Gasteiger partial charge in [-0.15, -0.1) is 0 Å². The van der Waals surface area contributed by atoms with Gasteiger partial charge in [0.1, 0.15) is 0 Å². The first-order valence-electron chi connectivity index (χ1n) is 9.51. The van der Waals surface area contributed by atoms with Crippen LogP contribution in [0.25, 0.3) is 0 Å². The number of rotatable bonds is 7. The summed E-state index contributed by atoms with van der Waals surface area (Å²) in [7, 11) is -2.92. The van der Waals surface area contributed by atoms with E-state index < -0.39 is 27.7 Å². The number of benzene rings is 3. The molecular weight excluding hydrogens is 475 g/mol. The number of phenolic OH excluding ortho intramolecular Hbond substituents is 1. The maximum absolute atomic E-state index is 12.9. The van der Waals surface area contributed by atoms with Crippen LogP contribution in [-0.4, -0.2) is 32.8 Å². The molecule has 0 aliphatic rings. The number of phenols is 1. The first-order chi connectivity index (χ1) is 16.0. The number of ether oxygens (including phenoxy) is 1. The van der Waals surface area contributed by atoms with E-state index in [0.717, 1.165) is 18.2 Å².